The van der Waals surface area contributed by atoms with Gasteiger partial charge in [-0.2, -0.15) is 0 Å². The van der Waals surface area contributed by atoms with Crippen molar-refractivity contribution in [2.24, 2.45) is 0 Å². The van der Waals surface area contributed by atoms with Crippen molar-refractivity contribution in [3.05, 3.63) is 0 Å². The van der Waals surface area contributed by atoms with Crippen LogP contribution in [0.4, 0.5) is 0 Å². The Balaban J connectivity index is 2.14. The molecule has 0 amide bonds. The molecule has 76 valence electrons. The zero-order valence-corrected chi connectivity index (χ0v) is 8.33. The standard InChI is InChI=1S/C10H19NO2/c1-10(13)4-7-11(8-5-10)6-2-3-9-12/h9,13H,2-8H2,1H3. The number of piperidine rings is 1. The Bertz CT molecular complexity index is 158. The van der Waals surface area contributed by atoms with Crippen LogP contribution in [0.3, 0.4) is 0 Å². The summed E-state index contributed by atoms with van der Waals surface area (Å²) in [7, 11) is 0. The van der Waals surface area contributed by atoms with Gasteiger partial charge in [-0.3, -0.25) is 0 Å². The molecule has 0 aromatic rings. The van der Waals surface area contributed by atoms with Crippen LogP contribution >= 0.6 is 0 Å². The number of unbranched alkanes of at least 4 members (excludes halogenated alkanes) is 1. The molecule has 1 N–H and O–H groups in total. The maximum Gasteiger partial charge on any atom is 0.120 e. The van der Waals surface area contributed by atoms with Gasteiger partial charge in [0.15, 0.2) is 0 Å². The van der Waals surface area contributed by atoms with Crippen molar-refractivity contribution in [1.29, 1.82) is 0 Å². The highest BCUT2D eigenvalue weighted by Gasteiger charge is 2.26. The predicted molar refractivity (Wildman–Crippen MR) is 51.6 cm³/mol. The minimum absolute atomic E-state index is 0.457. The third-order valence-electron chi connectivity index (χ3n) is 2.73. The van der Waals surface area contributed by atoms with E-state index in [1.165, 1.54) is 0 Å². The summed E-state index contributed by atoms with van der Waals surface area (Å²) in [5.74, 6) is 0. The van der Waals surface area contributed by atoms with Gasteiger partial charge >= 0.3 is 0 Å². The Hall–Kier alpha value is -0.410. The number of carbonyl (C=O) groups excluding carboxylic acids is 1. The Kier molecular flexibility index (Phi) is 3.88. The van der Waals surface area contributed by atoms with E-state index in [1.54, 1.807) is 0 Å². The normalized spacial score (nSPS) is 22.9. The predicted octanol–water partition coefficient (Wildman–Crippen LogP) is 0.812. The van der Waals surface area contributed by atoms with E-state index in [4.69, 9.17) is 0 Å². The van der Waals surface area contributed by atoms with Gasteiger partial charge in [0.25, 0.3) is 0 Å². The molecule has 0 aliphatic carbocycles. The lowest BCUT2D eigenvalue weighted by atomic mass is 9.94. The van der Waals surface area contributed by atoms with Crippen LogP contribution in [0.15, 0.2) is 0 Å². The lowest BCUT2D eigenvalue weighted by Crippen LogP contribution is -2.42. The van der Waals surface area contributed by atoms with Crippen molar-refractivity contribution in [2.75, 3.05) is 19.6 Å². The van der Waals surface area contributed by atoms with Gasteiger partial charge in [-0.25, -0.2) is 0 Å². The van der Waals surface area contributed by atoms with Gasteiger partial charge in [-0.15, -0.1) is 0 Å². The molecule has 1 aliphatic rings. The summed E-state index contributed by atoms with van der Waals surface area (Å²) in [5.41, 5.74) is -0.457. The average Bonchev–Trinajstić information content (AvgIpc) is 2.08. The van der Waals surface area contributed by atoms with E-state index in [2.05, 4.69) is 4.90 Å². The van der Waals surface area contributed by atoms with Crippen molar-refractivity contribution in [2.45, 2.75) is 38.2 Å². The second-order valence-electron chi connectivity index (χ2n) is 4.15. The number of likely N-dealkylation sites (tertiary alicyclic amines) is 1. The first-order valence-electron chi connectivity index (χ1n) is 5.02. The van der Waals surface area contributed by atoms with E-state index in [9.17, 15) is 9.90 Å². The molecule has 0 bridgehead atoms. The SMILES string of the molecule is CC1(O)CCN(CCCC=O)CC1. The number of aldehydes is 1. The summed E-state index contributed by atoms with van der Waals surface area (Å²) in [4.78, 5) is 12.4. The van der Waals surface area contributed by atoms with Gasteiger partial charge in [0.1, 0.15) is 6.29 Å². The minimum Gasteiger partial charge on any atom is -0.390 e. The topological polar surface area (TPSA) is 40.5 Å². The fourth-order valence-corrected chi connectivity index (χ4v) is 1.66. The molecule has 1 heterocycles. The molecule has 1 fully saturated rings. The smallest absolute Gasteiger partial charge is 0.120 e. The van der Waals surface area contributed by atoms with Crippen molar-refractivity contribution < 1.29 is 9.90 Å². The van der Waals surface area contributed by atoms with Crippen molar-refractivity contribution in [3.8, 4) is 0 Å². The summed E-state index contributed by atoms with van der Waals surface area (Å²) in [5, 5.41) is 9.68. The van der Waals surface area contributed by atoms with Gasteiger partial charge in [0.2, 0.25) is 0 Å². The fraction of sp³-hybridized carbons (Fsp3) is 0.900. The first-order valence-corrected chi connectivity index (χ1v) is 5.02. The van der Waals surface area contributed by atoms with E-state index >= 15 is 0 Å². The molecule has 0 saturated carbocycles. The zero-order valence-electron chi connectivity index (χ0n) is 8.33. The molecular weight excluding hydrogens is 166 g/mol. The van der Waals surface area contributed by atoms with E-state index in [0.717, 1.165) is 45.2 Å². The summed E-state index contributed by atoms with van der Waals surface area (Å²) in [6, 6.07) is 0. The van der Waals surface area contributed by atoms with Gasteiger partial charge < -0.3 is 14.8 Å². The van der Waals surface area contributed by atoms with Crippen LogP contribution in [0.5, 0.6) is 0 Å². The Labute approximate surface area is 79.7 Å². The summed E-state index contributed by atoms with van der Waals surface area (Å²) in [6.45, 7) is 4.82. The van der Waals surface area contributed by atoms with Crippen LogP contribution < -0.4 is 0 Å². The maximum absolute atomic E-state index is 10.1. The second kappa shape index (κ2) is 4.72. The quantitative estimate of drug-likeness (QED) is 0.520. The summed E-state index contributed by atoms with van der Waals surface area (Å²) < 4.78 is 0. The highest BCUT2D eigenvalue weighted by molar-refractivity contribution is 5.48. The fourth-order valence-electron chi connectivity index (χ4n) is 1.66. The highest BCUT2D eigenvalue weighted by atomic mass is 16.3. The first kappa shape index (κ1) is 10.7. The van der Waals surface area contributed by atoms with Crippen LogP contribution in [0.2, 0.25) is 0 Å². The van der Waals surface area contributed by atoms with Crippen LogP contribution in [0.1, 0.15) is 32.6 Å². The Morgan fingerprint density at radius 3 is 2.62 bits per heavy atom. The number of carbonyl (C=O) groups is 1. The molecule has 0 aromatic carbocycles. The van der Waals surface area contributed by atoms with Crippen LogP contribution in [-0.2, 0) is 4.79 Å². The maximum atomic E-state index is 10.1. The van der Waals surface area contributed by atoms with E-state index in [1.807, 2.05) is 6.92 Å². The summed E-state index contributed by atoms with van der Waals surface area (Å²) in [6.07, 6.45) is 4.29. The minimum atomic E-state index is -0.457. The monoisotopic (exact) mass is 185 g/mol. The van der Waals surface area contributed by atoms with Crippen molar-refractivity contribution in [3.63, 3.8) is 0 Å². The highest BCUT2D eigenvalue weighted by Crippen LogP contribution is 2.20. The van der Waals surface area contributed by atoms with E-state index < -0.39 is 5.60 Å². The summed E-state index contributed by atoms with van der Waals surface area (Å²) >= 11 is 0. The third kappa shape index (κ3) is 3.87. The molecule has 13 heavy (non-hydrogen) atoms. The molecular formula is C10H19NO2. The van der Waals surface area contributed by atoms with Crippen molar-refractivity contribution >= 4 is 6.29 Å². The molecule has 0 spiro atoms. The zero-order chi connectivity index (χ0) is 9.73. The van der Waals surface area contributed by atoms with Gasteiger partial charge in [0, 0.05) is 19.5 Å². The second-order valence-corrected chi connectivity index (χ2v) is 4.15. The number of hydrogen-bond acceptors (Lipinski definition) is 3. The van der Waals surface area contributed by atoms with Crippen LogP contribution in [0, 0.1) is 0 Å². The molecule has 0 radical (unpaired) electrons. The van der Waals surface area contributed by atoms with Crippen LogP contribution in [0.25, 0.3) is 0 Å². The lowest BCUT2D eigenvalue weighted by molar-refractivity contribution is -0.108. The molecule has 0 unspecified atom stereocenters. The molecule has 1 rings (SSSR count). The number of nitrogens with zero attached hydrogens (tertiary/aromatic N) is 1. The van der Waals surface area contributed by atoms with E-state index in [-0.39, 0.29) is 0 Å². The van der Waals surface area contributed by atoms with Gasteiger partial charge in [-0.05, 0) is 32.7 Å². The number of hydrogen-bond donors (Lipinski definition) is 1. The molecule has 1 aliphatic heterocycles. The first-order chi connectivity index (χ1) is 6.14. The van der Waals surface area contributed by atoms with Gasteiger partial charge in [0.05, 0.1) is 5.60 Å². The molecule has 3 nitrogen and oxygen atoms in total. The largest absolute Gasteiger partial charge is 0.390 e. The number of rotatable bonds is 4. The van der Waals surface area contributed by atoms with Crippen LogP contribution in [-0.4, -0.2) is 41.5 Å². The lowest BCUT2D eigenvalue weighted by Gasteiger charge is -2.35. The average molecular weight is 185 g/mol. The van der Waals surface area contributed by atoms with E-state index in [0.29, 0.717) is 6.42 Å². The van der Waals surface area contributed by atoms with Gasteiger partial charge in [-0.1, -0.05) is 0 Å². The van der Waals surface area contributed by atoms with Crippen molar-refractivity contribution in [1.82, 2.24) is 4.90 Å². The molecule has 0 atom stereocenters. The molecule has 3 heteroatoms. The Morgan fingerprint density at radius 2 is 2.08 bits per heavy atom. The molecule has 1 saturated heterocycles. The molecule has 0 aromatic heterocycles. The Morgan fingerprint density at radius 1 is 1.46 bits per heavy atom. The number of aliphatic hydroxyl groups is 1. The third-order valence-corrected chi connectivity index (χ3v) is 2.73.